The molecule has 18 heteroatoms. The number of alkyl halides is 3. The highest BCUT2D eigenvalue weighted by atomic mass is 35.5. The third kappa shape index (κ3) is 7.14. The van der Waals surface area contributed by atoms with Gasteiger partial charge in [-0.2, -0.15) is 18.3 Å². The summed E-state index contributed by atoms with van der Waals surface area (Å²) in [6.07, 6.45) is -0.891. The zero-order chi connectivity index (χ0) is 35.7. The smallest absolute Gasteiger partial charge is 0.361 e. The lowest BCUT2D eigenvalue weighted by Crippen LogP contribution is -2.52. The molecule has 14 nitrogen and oxygen atoms in total. The number of carbonyl (C=O) groups excluding carboxylic acids is 3. The molecule has 3 aromatic heterocycles. The highest BCUT2D eigenvalue weighted by Gasteiger charge is 2.39. The van der Waals surface area contributed by atoms with Crippen LogP contribution in [0.2, 0.25) is 5.02 Å². The molecule has 0 aliphatic carbocycles. The number of halogens is 4. The summed E-state index contributed by atoms with van der Waals surface area (Å²) in [5.41, 5.74) is -1.02. The van der Waals surface area contributed by atoms with Crippen molar-refractivity contribution in [2.45, 2.75) is 19.0 Å². The Morgan fingerprint density at radius 1 is 1.00 bits per heavy atom. The fourth-order valence-electron chi connectivity index (χ4n) is 6.02. The second-order valence-corrected chi connectivity index (χ2v) is 12.7. The SMILES string of the molecule is CN(C)c1ccc(-n2cc(-c3cnc(C(=O)Nc4ccc(C(=O)N5CCN(C(=O)C6CCNCC6)CC5)c(Cl)c4)n3C)c(C(F)(F)F)n2)nn1. The Morgan fingerprint density at radius 2 is 1.70 bits per heavy atom. The molecule has 0 unspecified atom stereocenters. The average Bonchev–Trinajstić information content (AvgIpc) is 3.72. The Hall–Kier alpha value is -5.03. The maximum Gasteiger partial charge on any atom is 0.435 e. The number of piperidine rings is 1. The van der Waals surface area contributed by atoms with Crippen LogP contribution in [-0.2, 0) is 18.0 Å². The van der Waals surface area contributed by atoms with Gasteiger partial charge in [0.2, 0.25) is 5.91 Å². The van der Waals surface area contributed by atoms with E-state index in [1.807, 2.05) is 4.90 Å². The van der Waals surface area contributed by atoms with Crippen LogP contribution in [-0.4, -0.2) is 110 Å². The van der Waals surface area contributed by atoms with E-state index in [0.29, 0.717) is 32.0 Å². The van der Waals surface area contributed by atoms with E-state index in [4.69, 9.17) is 11.6 Å². The first-order valence-corrected chi connectivity index (χ1v) is 16.3. The Labute approximate surface area is 290 Å². The normalized spacial score (nSPS) is 15.7. The van der Waals surface area contributed by atoms with E-state index < -0.39 is 17.8 Å². The van der Waals surface area contributed by atoms with Crippen LogP contribution < -0.4 is 15.5 Å². The number of amides is 3. The molecule has 1 aromatic carbocycles. The van der Waals surface area contributed by atoms with E-state index in [1.54, 1.807) is 30.0 Å². The fraction of sp³-hybridized carbons (Fsp3) is 0.406. The monoisotopic (exact) mass is 713 g/mol. The topological polar surface area (TPSA) is 146 Å². The second kappa shape index (κ2) is 14.1. The zero-order valence-electron chi connectivity index (χ0n) is 27.5. The molecule has 0 radical (unpaired) electrons. The molecule has 2 fully saturated rings. The number of carbonyl (C=O) groups is 3. The largest absolute Gasteiger partial charge is 0.435 e. The van der Waals surface area contributed by atoms with Gasteiger partial charge in [0, 0.05) is 65.1 Å². The number of benzene rings is 1. The summed E-state index contributed by atoms with van der Waals surface area (Å²) in [6, 6.07) is 7.51. The molecule has 50 heavy (non-hydrogen) atoms. The summed E-state index contributed by atoms with van der Waals surface area (Å²) in [7, 11) is 4.92. The number of piperazine rings is 1. The number of nitrogens with one attached hydrogen (secondary N) is 2. The quantitative estimate of drug-likeness (QED) is 0.295. The number of imidazole rings is 1. The van der Waals surface area contributed by atoms with E-state index in [0.717, 1.165) is 43.0 Å². The van der Waals surface area contributed by atoms with Crippen LogP contribution in [0.3, 0.4) is 0 Å². The minimum absolute atomic E-state index is 0.0107. The van der Waals surface area contributed by atoms with Crippen molar-refractivity contribution >= 4 is 40.8 Å². The number of aromatic nitrogens is 6. The molecular weight excluding hydrogens is 679 g/mol. The Bertz CT molecular complexity index is 1890. The highest BCUT2D eigenvalue weighted by molar-refractivity contribution is 6.34. The molecule has 2 saturated heterocycles. The minimum atomic E-state index is -4.82. The molecule has 6 rings (SSSR count). The predicted octanol–water partition coefficient (Wildman–Crippen LogP) is 3.34. The van der Waals surface area contributed by atoms with Gasteiger partial charge >= 0.3 is 6.18 Å². The van der Waals surface area contributed by atoms with Gasteiger partial charge in [-0.1, -0.05) is 11.6 Å². The second-order valence-electron chi connectivity index (χ2n) is 12.3. The number of hydrogen-bond donors (Lipinski definition) is 2. The lowest BCUT2D eigenvalue weighted by atomic mass is 9.96. The third-order valence-corrected chi connectivity index (χ3v) is 9.12. The van der Waals surface area contributed by atoms with Crippen molar-refractivity contribution in [1.29, 1.82) is 0 Å². The molecule has 0 saturated carbocycles. The number of hydrogen-bond acceptors (Lipinski definition) is 9. The van der Waals surface area contributed by atoms with Gasteiger partial charge in [-0.15, -0.1) is 10.2 Å². The van der Waals surface area contributed by atoms with Crippen molar-refractivity contribution in [3.63, 3.8) is 0 Å². The van der Waals surface area contributed by atoms with E-state index in [-0.39, 0.29) is 56.9 Å². The van der Waals surface area contributed by atoms with Crippen LogP contribution in [0.5, 0.6) is 0 Å². The average molecular weight is 714 g/mol. The molecule has 264 valence electrons. The predicted molar refractivity (Wildman–Crippen MR) is 178 cm³/mol. The van der Waals surface area contributed by atoms with Gasteiger partial charge in [0.1, 0.15) is 0 Å². The number of nitrogens with zero attached hydrogens (tertiary/aromatic N) is 9. The Morgan fingerprint density at radius 3 is 2.32 bits per heavy atom. The van der Waals surface area contributed by atoms with Crippen LogP contribution in [0.15, 0.2) is 42.7 Å². The summed E-state index contributed by atoms with van der Waals surface area (Å²) < 4.78 is 44.5. The summed E-state index contributed by atoms with van der Waals surface area (Å²) in [4.78, 5) is 48.7. The molecule has 2 aliphatic rings. The van der Waals surface area contributed by atoms with E-state index in [2.05, 4.69) is 30.9 Å². The Kier molecular flexibility index (Phi) is 9.80. The molecule has 2 aliphatic heterocycles. The molecule has 3 amide bonds. The fourth-order valence-corrected chi connectivity index (χ4v) is 6.28. The van der Waals surface area contributed by atoms with E-state index in [1.165, 1.54) is 35.9 Å². The lowest BCUT2D eigenvalue weighted by molar-refractivity contribution is -0.141. The van der Waals surface area contributed by atoms with Crippen molar-refractivity contribution in [1.82, 2.24) is 44.6 Å². The lowest BCUT2D eigenvalue weighted by Gasteiger charge is -2.37. The van der Waals surface area contributed by atoms with Gasteiger partial charge < -0.3 is 29.9 Å². The van der Waals surface area contributed by atoms with Gasteiger partial charge in [-0.05, 0) is 56.3 Å². The van der Waals surface area contributed by atoms with E-state index >= 15 is 0 Å². The standard InChI is InChI=1S/C32H35ClF3N11O3/c1-43(2)25-6-7-26(41-40-25)47-18-22(27(42-47)32(34,35)36)24-17-38-28(44(24)3)29(48)39-20-4-5-21(23(33)16-20)31(50)46-14-12-45(13-15-46)30(49)19-8-10-37-11-9-19/h4-7,16-19,37H,8-15H2,1-3H3,(H,39,48). The van der Waals surface area contributed by atoms with Gasteiger partial charge in [-0.25, -0.2) is 9.67 Å². The number of anilines is 2. The zero-order valence-corrected chi connectivity index (χ0v) is 28.3. The van der Waals surface area contributed by atoms with Crippen molar-refractivity contribution in [3.05, 3.63) is 64.8 Å². The van der Waals surface area contributed by atoms with Crippen molar-refractivity contribution in [2.75, 3.05) is 63.6 Å². The summed E-state index contributed by atoms with van der Waals surface area (Å²) in [6.45, 7) is 3.27. The first-order chi connectivity index (χ1) is 23.8. The number of rotatable bonds is 7. The van der Waals surface area contributed by atoms with Crippen LogP contribution in [0.1, 0.15) is 39.5 Å². The molecule has 2 N–H and O–H groups in total. The Balaban J connectivity index is 1.13. The van der Waals surface area contributed by atoms with Crippen molar-refractivity contribution in [2.24, 2.45) is 13.0 Å². The molecule has 0 bridgehead atoms. The summed E-state index contributed by atoms with van der Waals surface area (Å²) >= 11 is 6.49. The first-order valence-electron chi connectivity index (χ1n) is 15.9. The molecule has 0 atom stereocenters. The van der Waals surface area contributed by atoms with Gasteiger partial charge in [-0.3, -0.25) is 14.4 Å². The van der Waals surface area contributed by atoms with Gasteiger partial charge in [0.15, 0.2) is 23.2 Å². The van der Waals surface area contributed by atoms with Crippen LogP contribution in [0.25, 0.3) is 17.1 Å². The maximum absolute atomic E-state index is 14.1. The van der Waals surface area contributed by atoms with E-state index in [9.17, 15) is 27.6 Å². The molecule has 5 heterocycles. The summed E-state index contributed by atoms with van der Waals surface area (Å²) in [5.74, 6) is -0.464. The molecule has 0 spiro atoms. The van der Waals surface area contributed by atoms with Crippen LogP contribution >= 0.6 is 11.6 Å². The van der Waals surface area contributed by atoms with Crippen molar-refractivity contribution < 1.29 is 27.6 Å². The molecular formula is C32H35ClF3N11O3. The minimum Gasteiger partial charge on any atom is -0.361 e. The van der Waals surface area contributed by atoms with Crippen LogP contribution in [0.4, 0.5) is 24.7 Å². The van der Waals surface area contributed by atoms with Crippen molar-refractivity contribution in [3.8, 4) is 17.1 Å². The van der Waals surface area contributed by atoms with Crippen LogP contribution in [0, 0.1) is 5.92 Å². The first kappa shape index (κ1) is 34.8. The summed E-state index contributed by atoms with van der Waals surface area (Å²) in [5, 5.41) is 17.7. The third-order valence-electron chi connectivity index (χ3n) is 8.80. The molecule has 4 aromatic rings. The van der Waals surface area contributed by atoms with Gasteiger partial charge in [0.05, 0.1) is 28.0 Å². The highest BCUT2D eigenvalue weighted by Crippen LogP contribution is 2.37. The van der Waals surface area contributed by atoms with Gasteiger partial charge in [0.25, 0.3) is 11.8 Å². The maximum atomic E-state index is 14.1.